The van der Waals surface area contributed by atoms with Gasteiger partial charge < -0.3 is 9.88 Å². The summed E-state index contributed by atoms with van der Waals surface area (Å²) < 4.78 is 3.15. The van der Waals surface area contributed by atoms with Gasteiger partial charge in [-0.1, -0.05) is 22.5 Å². The lowest BCUT2D eigenvalue weighted by Gasteiger charge is -2.00. The Labute approximate surface area is 87.8 Å². The standard InChI is InChI=1S/C10H15BrN2/c1-3-13-5-4-10(8-13)7-12-6-9(2)11/h4-5,8,12H,2-3,6-7H2,1H3. The van der Waals surface area contributed by atoms with Crippen molar-refractivity contribution in [2.45, 2.75) is 20.0 Å². The quantitative estimate of drug-likeness (QED) is 0.840. The highest BCUT2D eigenvalue weighted by Crippen LogP contribution is 2.02. The minimum atomic E-state index is 0.817. The molecule has 1 rings (SSSR count). The van der Waals surface area contributed by atoms with Gasteiger partial charge in [0.15, 0.2) is 0 Å². The van der Waals surface area contributed by atoms with Gasteiger partial charge in [0.2, 0.25) is 0 Å². The molecule has 13 heavy (non-hydrogen) atoms. The van der Waals surface area contributed by atoms with Crippen molar-refractivity contribution in [1.29, 1.82) is 0 Å². The molecule has 0 bridgehead atoms. The molecule has 0 aliphatic rings. The van der Waals surface area contributed by atoms with E-state index < -0.39 is 0 Å². The minimum absolute atomic E-state index is 0.817. The van der Waals surface area contributed by atoms with Gasteiger partial charge in [-0.15, -0.1) is 0 Å². The molecule has 1 aromatic heterocycles. The molecule has 0 saturated carbocycles. The number of nitrogens with zero attached hydrogens (tertiary/aromatic N) is 1. The van der Waals surface area contributed by atoms with Crippen molar-refractivity contribution in [2.24, 2.45) is 0 Å². The van der Waals surface area contributed by atoms with E-state index in [1.165, 1.54) is 5.56 Å². The minimum Gasteiger partial charge on any atom is -0.354 e. The molecule has 0 fully saturated rings. The summed E-state index contributed by atoms with van der Waals surface area (Å²) in [4.78, 5) is 0. The highest BCUT2D eigenvalue weighted by molar-refractivity contribution is 9.11. The van der Waals surface area contributed by atoms with Crippen LogP contribution < -0.4 is 5.32 Å². The van der Waals surface area contributed by atoms with Crippen molar-refractivity contribution in [3.05, 3.63) is 35.1 Å². The van der Waals surface area contributed by atoms with Crippen molar-refractivity contribution < 1.29 is 0 Å². The van der Waals surface area contributed by atoms with E-state index in [0.717, 1.165) is 24.1 Å². The Balaban J connectivity index is 2.32. The maximum atomic E-state index is 3.76. The average molecular weight is 243 g/mol. The summed E-state index contributed by atoms with van der Waals surface area (Å²) in [5, 5.41) is 3.28. The number of hydrogen-bond acceptors (Lipinski definition) is 1. The van der Waals surface area contributed by atoms with E-state index in [1.54, 1.807) is 0 Å². The van der Waals surface area contributed by atoms with Crippen molar-refractivity contribution in [2.75, 3.05) is 6.54 Å². The number of aromatic nitrogens is 1. The maximum Gasteiger partial charge on any atom is 0.0268 e. The summed E-state index contributed by atoms with van der Waals surface area (Å²) in [6.07, 6.45) is 4.25. The Bertz CT molecular complexity index is 278. The molecule has 0 aliphatic heterocycles. The predicted octanol–water partition coefficient (Wildman–Crippen LogP) is 2.51. The van der Waals surface area contributed by atoms with Crippen LogP contribution in [0.25, 0.3) is 0 Å². The van der Waals surface area contributed by atoms with Crippen LogP contribution in [0.5, 0.6) is 0 Å². The number of rotatable bonds is 5. The first-order valence-corrected chi connectivity index (χ1v) is 5.20. The smallest absolute Gasteiger partial charge is 0.0268 e. The fraction of sp³-hybridized carbons (Fsp3) is 0.400. The van der Waals surface area contributed by atoms with Gasteiger partial charge in [-0.25, -0.2) is 0 Å². The Morgan fingerprint density at radius 2 is 2.46 bits per heavy atom. The van der Waals surface area contributed by atoms with Crippen LogP contribution in [0, 0.1) is 0 Å². The van der Waals surface area contributed by atoms with Crippen LogP contribution in [-0.4, -0.2) is 11.1 Å². The molecule has 0 unspecified atom stereocenters. The summed E-state index contributed by atoms with van der Waals surface area (Å²) >= 11 is 3.30. The summed E-state index contributed by atoms with van der Waals surface area (Å²) in [7, 11) is 0. The summed E-state index contributed by atoms with van der Waals surface area (Å²) in [5.41, 5.74) is 1.32. The molecule has 0 spiro atoms. The first kappa shape index (κ1) is 10.5. The highest BCUT2D eigenvalue weighted by Gasteiger charge is 1.94. The molecule has 3 heteroatoms. The molecule has 0 aliphatic carbocycles. The highest BCUT2D eigenvalue weighted by atomic mass is 79.9. The summed E-state index contributed by atoms with van der Waals surface area (Å²) in [6.45, 7) is 8.64. The maximum absolute atomic E-state index is 3.76. The first-order valence-electron chi connectivity index (χ1n) is 4.41. The number of halogens is 1. The molecule has 0 saturated heterocycles. The van der Waals surface area contributed by atoms with E-state index >= 15 is 0 Å². The zero-order chi connectivity index (χ0) is 9.68. The van der Waals surface area contributed by atoms with Crippen LogP contribution >= 0.6 is 15.9 Å². The number of nitrogens with one attached hydrogen (secondary N) is 1. The molecular formula is C10H15BrN2. The molecule has 0 aromatic carbocycles. The van der Waals surface area contributed by atoms with Crippen molar-refractivity contribution in [3.8, 4) is 0 Å². The predicted molar refractivity (Wildman–Crippen MR) is 59.9 cm³/mol. The lowest BCUT2D eigenvalue weighted by molar-refractivity contribution is 0.738. The van der Waals surface area contributed by atoms with E-state index in [-0.39, 0.29) is 0 Å². The third kappa shape index (κ3) is 3.79. The van der Waals surface area contributed by atoms with Crippen LogP contribution in [0.1, 0.15) is 12.5 Å². The molecular weight excluding hydrogens is 228 g/mol. The lowest BCUT2D eigenvalue weighted by atomic mass is 10.3. The van der Waals surface area contributed by atoms with E-state index in [4.69, 9.17) is 0 Å². The van der Waals surface area contributed by atoms with E-state index in [2.05, 4.69) is 57.8 Å². The van der Waals surface area contributed by atoms with Crippen molar-refractivity contribution in [3.63, 3.8) is 0 Å². The Hall–Kier alpha value is -0.540. The van der Waals surface area contributed by atoms with Gasteiger partial charge in [0.25, 0.3) is 0 Å². The first-order chi connectivity index (χ1) is 6.22. The molecule has 1 heterocycles. The van der Waals surface area contributed by atoms with Crippen molar-refractivity contribution >= 4 is 15.9 Å². The second-order valence-electron chi connectivity index (χ2n) is 2.97. The summed E-state index contributed by atoms with van der Waals surface area (Å²) in [6, 6.07) is 2.13. The fourth-order valence-electron chi connectivity index (χ4n) is 1.13. The van der Waals surface area contributed by atoms with Gasteiger partial charge in [0.05, 0.1) is 0 Å². The van der Waals surface area contributed by atoms with Gasteiger partial charge in [0.1, 0.15) is 0 Å². The van der Waals surface area contributed by atoms with E-state index in [1.807, 2.05) is 0 Å². The topological polar surface area (TPSA) is 17.0 Å². The van der Waals surface area contributed by atoms with Gasteiger partial charge in [-0.05, 0) is 18.6 Å². The van der Waals surface area contributed by atoms with Crippen molar-refractivity contribution in [1.82, 2.24) is 9.88 Å². The monoisotopic (exact) mass is 242 g/mol. The Morgan fingerprint density at radius 1 is 1.69 bits per heavy atom. The Kier molecular flexibility index (Phi) is 4.25. The number of hydrogen-bond donors (Lipinski definition) is 1. The SMILES string of the molecule is C=C(Br)CNCc1ccn(CC)c1. The second kappa shape index (κ2) is 5.25. The van der Waals surface area contributed by atoms with E-state index in [9.17, 15) is 0 Å². The molecule has 2 nitrogen and oxygen atoms in total. The van der Waals surface area contributed by atoms with Crippen LogP contribution in [0.15, 0.2) is 29.5 Å². The Morgan fingerprint density at radius 3 is 3.00 bits per heavy atom. The zero-order valence-corrected chi connectivity index (χ0v) is 9.47. The molecule has 1 aromatic rings. The normalized spacial score (nSPS) is 10.3. The number of aryl methyl sites for hydroxylation is 1. The van der Waals surface area contributed by atoms with Gasteiger partial charge in [-0.2, -0.15) is 0 Å². The average Bonchev–Trinajstić information content (AvgIpc) is 2.52. The van der Waals surface area contributed by atoms with E-state index in [0.29, 0.717) is 0 Å². The second-order valence-corrected chi connectivity index (χ2v) is 4.09. The van der Waals surface area contributed by atoms with Crippen LogP contribution in [-0.2, 0) is 13.1 Å². The largest absolute Gasteiger partial charge is 0.354 e. The molecule has 0 radical (unpaired) electrons. The third-order valence-electron chi connectivity index (χ3n) is 1.82. The molecule has 72 valence electrons. The van der Waals surface area contributed by atoms with Crippen LogP contribution in [0.2, 0.25) is 0 Å². The lowest BCUT2D eigenvalue weighted by Crippen LogP contribution is -2.13. The van der Waals surface area contributed by atoms with Gasteiger partial charge in [-0.3, -0.25) is 0 Å². The van der Waals surface area contributed by atoms with Gasteiger partial charge >= 0.3 is 0 Å². The zero-order valence-electron chi connectivity index (χ0n) is 7.89. The third-order valence-corrected chi connectivity index (χ3v) is 2.10. The summed E-state index contributed by atoms with van der Waals surface area (Å²) in [5.74, 6) is 0. The van der Waals surface area contributed by atoms with Crippen LogP contribution in [0.3, 0.4) is 0 Å². The van der Waals surface area contributed by atoms with Crippen LogP contribution in [0.4, 0.5) is 0 Å². The molecule has 0 amide bonds. The fourth-order valence-corrected chi connectivity index (χ4v) is 1.33. The molecule has 0 atom stereocenters. The molecule has 1 N–H and O–H groups in total. The van der Waals surface area contributed by atoms with Gasteiger partial charge in [0, 0.05) is 36.5 Å².